The predicted molar refractivity (Wildman–Crippen MR) is 119 cm³/mol. The van der Waals surface area contributed by atoms with E-state index in [9.17, 15) is 9.90 Å². The lowest BCUT2D eigenvalue weighted by Gasteiger charge is -2.35. The third-order valence-corrected chi connectivity index (χ3v) is 6.89. The van der Waals surface area contributed by atoms with E-state index in [-0.39, 0.29) is 11.9 Å². The number of nitrogens with zero attached hydrogens (tertiary/aromatic N) is 5. The molecule has 1 fully saturated rings. The van der Waals surface area contributed by atoms with Crippen LogP contribution in [0.15, 0.2) is 34.3 Å². The standard InChI is InChI=1S/C22H25N5O2S/c1-14(28)22-25-18-12-24-17-7-10-30-21(17)20(18)27(22)16-3-2-9-26(13-16)19(29)5-4-15-6-8-23-11-15/h6-7,10-12,14,16,28H,2-5,8-9,13H2,1H3/t14-,16+/m1/s1. The van der Waals surface area contributed by atoms with E-state index in [1.807, 2.05) is 22.6 Å². The summed E-state index contributed by atoms with van der Waals surface area (Å²) in [6, 6.07) is 2.11. The number of hydrogen-bond donors (Lipinski definition) is 1. The van der Waals surface area contributed by atoms with Crippen LogP contribution in [-0.2, 0) is 4.79 Å². The van der Waals surface area contributed by atoms with Crippen LogP contribution in [0.2, 0.25) is 0 Å². The summed E-state index contributed by atoms with van der Waals surface area (Å²) in [5.74, 6) is 0.839. The van der Waals surface area contributed by atoms with E-state index in [2.05, 4.69) is 20.6 Å². The second-order valence-corrected chi connectivity index (χ2v) is 8.97. The number of imidazole rings is 1. The maximum Gasteiger partial charge on any atom is 0.222 e. The van der Waals surface area contributed by atoms with Crippen molar-refractivity contribution in [3.8, 4) is 0 Å². The summed E-state index contributed by atoms with van der Waals surface area (Å²) in [4.78, 5) is 28.3. The van der Waals surface area contributed by atoms with Crippen LogP contribution in [0.3, 0.4) is 0 Å². The van der Waals surface area contributed by atoms with Crippen molar-refractivity contribution in [2.24, 2.45) is 4.99 Å². The highest BCUT2D eigenvalue weighted by Crippen LogP contribution is 2.35. The Hall–Kier alpha value is -2.58. The van der Waals surface area contributed by atoms with E-state index in [4.69, 9.17) is 4.98 Å². The summed E-state index contributed by atoms with van der Waals surface area (Å²) in [6.45, 7) is 3.91. The van der Waals surface area contributed by atoms with Crippen LogP contribution in [0.25, 0.3) is 21.3 Å². The molecule has 2 atom stereocenters. The van der Waals surface area contributed by atoms with E-state index in [1.54, 1.807) is 24.5 Å². The summed E-state index contributed by atoms with van der Waals surface area (Å²) in [7, 11) is 0. The third kappa shape index (κ3) is 3.44. The van der Waals surface area contributed by atoms with Crippen molar-refractivity contribution in [3.05, 3.63) is 35.1 Å². The normalized spacial score (nSPS) is 20.3. The predicted octanol–water partition coefficient (Wildman–Crippen LogP) is 3.65. The molecule has 5 heterocycles. The average Bonchev–Trinajstić information content (AvgIpc) is 3.50. The molecular weight excluding hydrogens is 398 g/mol. The van der Waals surface area contributed by atoms with Crippen molar-refractivity contribution in [2.75, 3.05) is 19.6 Å². The fraction of sp³-hybridized carbons (Fsp3) is 0.455. The van der Waals surface area contributed by atoms with Crippen molar-refractivity contribution in [1.82, 2.24) is 19.4 Å². The number of aromatic nitrogens is 3. The first kappa shape index (κ1) is 19.4. The van der Waals surface area contributed by atoms with Crippen LogP contribution in [0.1, 0.15) is 50.6 Å². The van der Waals surface area contributed by atoms with Crippen molar-refractivity contribution < 1.29 is 9.90 Å². The van der Waals surface area contributed by atoms with Gasteiger partial charge in [0.1, 0.15) is 17.4 Å². The number of aliphatic imine (C=N–C) groups is 1. The van der Waals surface area contributed by atoms with E-state index < -0.39 is 6.10 Å². The minimum absolute atomic E-state index is 0.0947. The fourth-order valence-electron chi connectivity index (χ4n) is 4.52. The Balaban J connectivity index is 1.45. The zero-order valence-electron chi connectivity index (χ0n) is 17.0. The second-order valence-electron chi connectivity index (χ2n) is 8.05. The molecule has 30 heavy (non-hydrogen) atoms. The molecule has 0 radical (unpaired) electrons. The molecule has 2 aliphatic rings. The Morgan fingerprint density at radius 1 is 1.40 bits per heavy atom. The maximum atomic E-state index is 12.9. The molecule has 2 aliphatic heterocycles. The maximum absolute atomic E-state index is 12.9. The Labute approximate surface area is 178 Å². The number of carbonyl (C=O) groups excluding carboxylic acids is 1. The summed E-state index contributed by atoms with van der Waals surface area (Å²) >= 11 is 1.65. The molecule has 5 rings (SSSR count). The number of carbonyl (C=O) groups is 1. The van der Waals surface area contributed by atoms with Crippen molar-refractivity contribution in [3.63, 3.8) is 0 Å². The molecule has 0 saturated carbocycles. The SMILES string of the molecule is C[C@@H](O)c1nc2cnc3ccsc3c2n1[C@H]1CCCN(C(=O)CCC2=CCN=C2)C1. The number of pyridine rings is 1. The summed E-state index contributed by atoms with van der Waals surface area (Å²) in [5, 5.41) is 12.5. The first-order chi connectivity index (χ1) is 14.6. The number of aliphatic hydroxyl groups is 1. The molecule has 0 aliphatic carbocycles. The second kappa shape index (κ2) is 7.92. The number of hydrogen-bond acceptors (Lipinski definition) is 6. The zero-order chi connectivity index (χ0) is 20.7. The number of allylic oxidation sites excluding steroid dienone is 1. The van der Waals surface area contributed by atoms with Crippen molar-refractivity contribution in [2.45, 2.75) is 44.8 Å². The zero-order valence-corrected chi connectivity index (χ0v) is 17.8. The lowest BCUT2D eigenvalue weighted by molar-refractivity contribution is -0.132. The number of amides is 1. The minimum Gasteiger partial charge on any atom is -0.385 e. The van der Waals surface area contributed by atoms with E-state index in [1.165, 1.54) is 0 Å². The van der Waals surface area contributed by atoms with Crippen LogP contribution >= 0.6 is 11.3 Å². The van der Waals surface area contributed by atoms with Crippen LogP contribution < -0.4 is 0 Å². The largest absolute Gasteiger partial charge is 0.385 e. The molecule has 0 spiro atoms. The average molecular weight is 424 g/mol. The number of piperidine rings is 1. The Kier molecular flexibility index (Phi) is 5.12. The van der Waals surface area contributed by atoms with Crippen molar-refractivity contribution in [1.29, 1.82) is 0 Å². The molecule has 1 amide bonds. The van der Waals surface area contributed by atoms with Crippen LogP contribution in [0, 0.1) is 0 Å². The molecule has 3 aromatic rings. The van der Waals surface area contributed by atoms with Crippen LogP contribution in [-0.4, -0.2) is 56.3 Å². The van der Waals surface area contributed by atoms with Gasteiger partial charge < -0.3 is 14.6 Å². The summed E-state index contributed by atoms with van der Waals surface area (Å²) < 4.78 is 3.26. The third-order valence-electron chi connectivity index (χ3n) is 5.98. The quantitative estimate of drug-likeness (QED) is 0.679. The van der Waals surface area contributed by atoms with E-state index in [0.717, 1.165) is 59.2 Å². The van der Waals surface area contributed by atoms with Gasteiger partial charge in [-0.3, -0.25) is 14.8 Å². The highest BCUT2D eigenvalue weighted by atomic mass is 32.1. The molecule has 156 valence electrons. The van der Waals surface area contributed by atoms with Gasteiger partial charge in [-0.25, -0.2) is 4.98 Å². The number of rotatable bonds is 5. The van der Waals surface area contributed by atoms with Gasteiger partial charge >= 0.3 is 0 Å². The van der Waals surface area contributed by atoms with Gasteiger partial charge in [-0.2, -0.15) is 0 Å². The smallest absolute Gasteiger partial charge is 0.222 e. The van der Waals surface area contributed by atoms with Gasteiger partial charge in [0.2, 0.25) is 5.91 Å². The monoisotopic (exact) mass is 423 g/mol. The first-order valence-corrected chi connectivity index (χ1v) is 11.4. The number of thiophene rings is 1. The summed E-state index contributed by atoms with van der Waals surface area (Å²) in [6.07, 6.45) is 8.22. The molecule has 7 nitrogen and oxygen atoms in total. The number of fused-ring (bicyclic) bond motifs is 3. The minimum atomic E-state index is -0.688. The molecule has 0 bridgehead atoms. The molecule has 1 N–H and O–H groups in total. The van der Waals surface area contributed by atoms with E-state index >= 15 is 0 Å². The Morgan fingerprint density at radius 2 is 2.30 bits per heavy atom. The van der Waals surface area contributed by atoms with Gasteiger partial charge in [-0.15, -0.1) is 11.3 Å². The molecule has 8 heteroatoms. The molecule has 0 aromatic carbocycles. The van der Waals surface area contributed by atoms with Crippen molar-refractivity contribution >= 4 is 44.7 Å². The molecule has 1 saturated heterocycles. The topological polar surface area (TPSA) is 83.6 Å². The lowest BCUT2D eigenvalue weighted by atomic mass is 10.0. The summed E-state index contributed by atoms with van der Waals surface area (Å²) in [5.41, 5.74) is 3.93. The number of likely N-dealkylation sites (tertiary alicyclic amines) is 1. The van der Waals surface area contributed by atoms with Gasteiger partial charge in [-0.1, -0.05) is 6.08 Å². The Bertz CT molecular complexity index is 1160. The molecule has 3 aromatic heterocycles. The Morgan fingerprint density at radius 3 is 3.10 bits per heavy atom. The van der Waals surface area contributed by atoms with Gasteiger partial charge in [0, 0.05) is 25.7 Å². The fourth-order valence-corrected chi connectivity index (χ4v) is 5.41. The van der Waals surface area contributed by atoms with Gasteiger partial charge in [-0.05, 0) is 43.2 Å². The highest BCUT2D eigenvalue weighted by Gasteiger charge is 2.29. The van der Waals surface area contributed by atoms with Gasteiger partial charge in [0.15, 0.2) is 0 Å². The van der Waals surface area contributed by atoms with Crippen LogP contribution in [0.5, 0.6) is 0 Å². The highest BCUT2D eigenvalue weighted by molar-refractivity contribution is 7.18. The van der Waals surface area contributed by atoms with E-state index in [0.29, 0.717) is 18.8 Å². The van der Waals surface area contributed by atoms with Crippen LogP contribution in [0.4, 0.5) is 0 Å². The molecule has 0 unspecified atom stereocenters. The first-order valence-electron chi connectivity index (χ1n) is 10.5. The number of aliphatic hydroxyl groups excluding tert-OH is 1. The molecular formula is C22H25N5O2S. The van der Waals surface area contributed by atoms with Gasteiger partial charge in [0.05, 0.1) is 34.5 Å². The van der Waals surface area contributed by atoms with Gasteiger partial charge in [0.25, 0.3) is 0 Å². The lowest BCUT2D eigenvalue weighted by Crippen LogP contribution is -2.41.